The number of thioether (sulfide) groups is 1. The molecule has 1 N–H and O–H groups in total. The number of nitrogens with zero attached hydrogens (tertiary/aromatic N) is 2. The Morgan fingerprint density at radius 3 is 2.75 bits per heavy atom. The van der Waals surface area contributed by atoms with Gasteiger partial charge in [0, 0.05) is 37.0 Å². The van der Waals surface area contributed by atoms with E-state index in [1.807, 2.05) is 11.8 Å². The SMILES string of the molecule is CCCNc1cc(SC2CCOCC2)nc(C(C)C)n1. The third-order valence-corrected chi connectivity index (χ3v) is 4.50. The molecule has 2 rings (SSSR count). The van der Waals surface area contributed by atoms with E-state index < -0.39 is 0 Å². The Hall–Kier alpha value is -0.810. The number of ether oxygens (including phenoxy) is 1. The number of hydrogen-bond acceptors (Lipinski definition) is 5. The number of aromatic nitrogens is 2. The van der Waals surface area contributed by atoms with E-state index in [-0.39, 0.29) is 0 Å². The van der Waals surface area contributed by atoms with Gasteiger partial charge in [0.25, 0.3) is 0 Å². The van der Waals surface area contributed by atoms with Crippen molar-refractivity contribution in [2.75, 3.05) is 25.1 Å². The second-order valence-corrected chi connectivity index (χ2v) is 6.78. The van der Waals surface area contributed by atoms with Crippen molar-refractivity contribution in [3.05, 3.63) is 11.9 Å². The molecule has 4 nitrogen and oxygen atoms in total. The number of anilines is 1. The molecule has 0 spiro atoms. The summed E-state index contributed by atoms with van der Waals surface area (Å²) in [7, 11) is 0. The zero-order chi connectivity index (χ0) is 14.4. The first-order valence-corrected chi connectivity index (χ1v) is 8.44. The Balaban J connectivity index is 2.10. The first-order chi connectivity index (χ1) is 9.69. The minimum Gasteiger partial charge on any atom is -0.381 e. The molecule has 1 aliphatic heterocycles. The predicted octanol–water partition coefficient (Wildman–Crippen LogP) is 3.69. The van der Waals surface area contributed by atoms with Crippen molar-refractivity contribution in [2.24, 2.45) is 0 Å². The third kappa shape index (κ3) is 4.63. The molecule has 1 aliphatic rings. The van der Waals surface area contributed by atoms with Crippen molar-refractivity contribution in [2.45, 2.75) is 56.2 Å². The predicted molar refractivity (Wildman–Crippen MR) is 84.6 cm³/mol. The summed E-state index contributed by atoms with van der Waals surface area (Å²) in [6.45, 7) is 9.15. The monoisotopic (exact) mass is 295 g/mol. The lowest BCUT2D eigenvalue weighted by Gasteiger charge is -2.21. The summed E-state index contributed by atoms with van der Waals surface area (Å²) in [4.78, 5) is 9.31. The van der Waals surface area contributed by atoms with Crippen LogP contribution in [0.15, 0.2) is 11.1 Å². The molecule has 112 valence electrons. The van der Waals surface area contributed by atoms with Crippen LogP contribution in [0, 0.1) is 0 Å². The van der Waals surface area contributed by atoms with Crippen LogP contribution in [0.4, 0.5) is 5.82 Å². The zero-order valence-electron chi connectivity index (χ0n) is 12.7. The van der Waals surface area contributed by atoms with E-state index in [9.17, 15) is 0 Å². The Morgan fingerprint density at radius 2 is 2.10 bits per heavy atom. The highest BCUT2D eigenvalue weighted by molar-refractivity contribution is 7.99. The van der Waals surface area contributed by atoms with Crippen molar-refractivity contribution in [3.63, 3.8) is 0 Å². The molecular weight excluding hydrogens is 270 g/mol. The molecule has 20 heavy (non-hydrogen) atoms. The van der Waals surface area contributed by atoms with Crippen LogP contribution in [0.1, 0.15) is 51.8 Å². The van der Waals surface area contributed by atoms with Gasteiger partial charge in [-0.15, -0.1) is 11.8 Å². The fraction of sp³-hybridized carbons (Fsp3) is 0.733. The minimum absolute atomic E-state index is 0.354. The van der Waals surface area contributed by atoms with E-state index in [0.717, 1.165) is 55.7 Å². The molecule has 0 saturated carbocycles. The van der Waals surface area contributed by atoms with Crippen LogP contribution in [0.2, 0.25) is 0 Å². The van der Waals surface area contributed by atoms with E-state index in [4.69, 9.17) is 9.72 Å². The van der Waals surface area contributed by atoms with Crippen molar-refractivity contribution in [1.82, 2.24) is 9.97 Å². The average Bonchev–Trinajstić information content (AvgIpc) is 2.46. The van der Waals surface area contributed by atoms with Crippen molar-refractivity contribution in [3.8, 4) is 0 Å². The highest BCUT2D eigenvalue weighted by Crippen LogP contribution is 2.30. The number of rotatable bonds is 6. The van der Waals surface area contributed by atoms with Gasteiger partial charge in [0.15, 0.2) is 0 Å². The minimum atomic E-state index is 0.354. The summed E-state index contributed by atoms with van der Waals surface area (Å²) in [5.41, 5.74) is 0. The lowest BCUT2D eigenvalue weighted by molar-refractivity contribution is 0.1000. The summed E-state index contributed by atoms with van der Waals surface area (Å²) in [5, 5.41) is 5.09. The third-order valence-electron chi connectivity index (χ3n) is 3.25. The van der Waals surface area contributed by atoms with Gasteiger partial charge in [0.05, 0.1) is 0 Å². The molecule has 1 fully saturated rings. The maximum Gasteiger partial charge on any atom is 0.134 e. The van der Waals surface area contributed by atoms with Crippen molar-refractivity contribution in [1.29, 1.82) is 0 Å². The molecular formula is C15H25N3OS. The maximum absolute atomic E-state index is 5.42. The molecule has 0 unspecified atom stereocenters. The molecule has 2 heterocycles. The first kappa shape index (κ1) is 15.6. The fourth-order valence-corrected chi connectivity index (χ4v) is 3.17. The van der Waals surface area contributed by atoms with Gasteiger partial charge in [-0.2, -0.15) is 0 Å². The van der Waals surface area contributed by atoms with Crippen LogP contribution in [-0.2, 0) is 4.74 Å². The summed E-state index contributed by atoms with van der Waals surface area (Å²) in [5.74, 6) is 2.24. The smallest absolute Gasteiger partial charge is 0.134 e. The van der Waals surface area contributed by atoms with Gasteiger partial charge in [-0.3, -0.25) is 0 Å². The molecule has 5 heteroatoms. The van der Waals surface area contributed by atoms with E-state index >= 15 is 0 Å². The Morgan fingerprint density at radius 1 is 1.35 bits per heavy atom. The molecule has 0 radical (unpaired) electrons. The lowest BCUT2D eigenvalue weighted by Crippen LogP contribution is -2.17. The number of hydrogen-bond donors (Lipinski definition) is 1. The molecule has 1 aromatic heterocycles. The topological polar surface area (TPSA) is 47.0 Å². The molecule has 1 aromatic rings. The van der Waals surface area contributed by atoms with Gasteiger partial charge in [-0.25, -0.2) is 9.97 Å². The normalized spacial score (nSPS) is 16.6. The van der Waals surface area contributed by atoms with Gasteiger partial charge in [-0.1, -0.05) is 20.8 Å². The van der Waals surface area contributed by atoms with E-state index in [1.54, 1.807) is 0 Å². The van der Waals surface area contributed by atoms with Crippen molar-refractivity contribution >= 4 is 17.6 Å². The fourth-order valence-electron chi connectivity index (χ4n) is 2.07. The molecule has 0 aliphatic carbocycles. The second-order valence-electron chi connectivity index (χ2n) is 5.46. The molecule has 0 aromatic carbocycles. The second kappa shape index (κ2) is 7.84. The maximum atomic E-state index is 5.42. The van der Waals surface area contributed by atoms with Gasteiger partial charge in [-0.05, 0) is 19.3 Å². The van der Waals surface area contributed by atoms with Crippen LogP contribution in [0.3, 0.4) is 0 Å². The van der Waals surface area contributed by atoms with E-state index in [2.05, 4.69) is 37.1 Å². The van der Waals surface area contributed by atoms with Gasteiger partial charge in [0.2, 0.25) is 0 Å². The Kier molecular flexibility index (Phi) is 6.10. The standard InChI is InChI=1S/C15H25N3OS/c1-4-7-16-13-10-14(18-15(17-13)11(2)3)20-12-5-8-19-9-6-12/h10-12H,4-9H2,1-3H3,(H,16,17,18). The molecule has 0 bridgehead atoms. The molecule has 0 atom stereocenters. The summed E-state index contributed by atoms with van der Waals surface area (Å²) in [6.07, 6.45) is 3.33. The van der Waals surface area contributed by atoms with E-state index in [1.165, 1.54) is 0 Å². The van der Waals surface area contributed by atoms with Crippen LogP contribution < -0.4 is 5.32 Å². The molecule has 1 saturated heterocycles. The summed E-state index contributed by atoms with van der Waals surface area (Å²) < 4.78 is 5.42. The quantitative estimate of drug-likeness (QED) is 0.811. The largest absolute Gasteiger partial charge is 0.381 e. The summed E-state index contributed by atoms with van der Waals surface area (Å²) in [6, 6.07) is 2.08. The molecule has 0 amide bonds. The van der Waals surface area contributed by atoms with Crippen LogP contribution in [0.25, 0.3) is 0 Å². The van der Waals surface area contributed by atoms with Crippen LogP contribution in [-0.4, -0.2) is 35.0 Å². The van der Waals surface area contributed by atoms with E-state index in [0.29, 0.717) is 11.2 Å². The van der Waals surface area contributed by atoms with Gasteiger partial charge < -0.3 is 10.1 Å². The van der Waals surface area contributed by atoms with Crippen LogP contribution in [0.5, 0.6) is 0 Å². The lowest BCUT2D eigenvalue weighted by atomic mass is 10.2. The first-order valence-electron chi connectivity index (χ1n) is 7.56. The summed E-state index contributed by atoms with van der Waals surface area (Å²) >= 11 is 1.87. The number of nitrogens with one attached hydrogen (secondary N) is 1. The zero-order valence-corrected chi connectivity index (χ0v) is 13.5. The average molecular weight is 295 g/mol. The Labute approximate surface area is 126 Å². The highest BCUT2D eigenvalue weighted by Gasteiger charge is 2.17. The van der Waals surface area contributed by atoms with Crippen molar-refractivity contribution < 1.29 is 4.74 Å². The van der Waals surface area contributed by atoms with Crippen LogP contribution >= 0.6 is 11.8 Å². The van der Waals surface area contributed by atoms with Gasteiger partial charge >= 0.3 is 0 Å². The Bertz CT molecular complexity index is 420. The van der Waals surface area contributed by atoms with Gasteiger partial charge in [0.1, 0.15) is 16.7 Å². The highest BCUT2D eigenvalue weighted by atomic mass is 32.2.